The van der Waals surface area contributed by atoms with Crippen molar-refractivity contribution in [2.45, 2.75) is 32.1 Å². The van der Waals surface area contributed by atoms with Gasteiger partial charge in [0.2, 0.25) is 0 Å². The number of aryl methyl sites for hydroxylation is 3. The number of pyridine rings is 1. The third-order valence-corrected chi connectivity index (χ3v) is 7.39. The highest BCUT2D eigenvalue weighted by Crippen LogP contribution is 2.23. The summed E-state index contributed by atoms with van der Waals surface area (Å²) in [5.41, 5.74) is 6.25. The highest BCUT2D eigenvalue weighted by molar-refractivity contribution is 7.92. The normalized spacial score (nSPS) is 11.2. The van der Waals surface area contributed by atoms with Gasteiger partial charge in [0.1, 0.15) is 0 Å². The molecule has 1 aromatic heterocycles. The molecular formula is C28H27N3O3S. The first-order valence-electron chi connectivity index (χ1n) is 11.2. The van der Waals surface area contributed by atoms with Crippen LogP contribution >= 0.6 is 0 Å². The molecule has 6 nitrogen and oxygen atoms in total. The number of carbonyl (C=O) groups is 1. The third kappa shape index (κ3) is 5.94. The van der Waals surface area contributed by atoms with Crippen LogP contribution in [0.3, 0.4) is 0 Å². The van der Waals surface area contributed by atoms with Crippen molar-refractivity contribution in [1.82, 2.24) is 4.98 Å². The van der Waals surface area contributed by atoms with Crippen molar-refractivity contribution in [3.05, 3.63) is 119 Å². The van der Waals surface area contributed by atoms with Gasteiger partial charge in [-0.15, -0.1) is 0 Å². The molecule has 0 fully saturated rings. The molecule has 4 rings (SSSR count). The van der Waals surface area contributed by atoms with Gasteiger partial charge in [-0.1, -0.05) is 24.3 Å². The number of amides is 1. The van der Waals surface area contributed by atoms with Gasteiger partial charge < -0.3 is 5.32 Å². The highest BCUT2D eigenvalue weighted by atomic mass is 32.2. The second-order valence-electron chi connectivity index (χ2n) is 8.57. The Balaban J connectivity index is 1.49. The van der Waals surface area contributed by atoms with Crippen molar-refractivity contribution in [3.8, 4) is 0 Å². The Hall–Kier alpha value is -3.97. The first-order valence-corrected chi connectivity index (χ1v) is 12.7. The van der Waals surface area contributed by atoms with Gasteiger partial charge >= 0.3 is 0 Å². The van der Waals surface area contributed by atoms with Crippen LogP contribution in [-0.4, -0.2) is 19.3 Å². The van der Waals surface area contributed by atoms with Crippen LogP contribution in [0.25, 0.3) is 0 Å². The van der Waals surface area contributed by atoms with Crippen LogP contribution in [0, 0.1) is 20.8 Å². The number of benzene rings is 3. The van der Waals surface area contributed by atoms with Gasteiger partial charge in [-0.25, -0.2) is 8.42 Å². The minimum Gasteiger partial charge on any atom is -0.322 e. The Morgan fingerprint density at radius 2 is 1.37 bits per heavy atom. The van der Waals surface area contributed by atoms with E-state index in [1.807, 2.05) is 56.3 Å². The van der Waals surface area contributed by atoms with E-state index in [1.54, 1.807) is 43.6 Å². The highest BCUT2D eigenvalue weighted by Gasteiger charge is 2.20. The van der Waals surface area contributed by atoms with E-state index in [0.29, 0.717) is 16.9 Å². The minimum absolute atomic E-state index is 0.0658. The van der Waals surface area contributed by atoms with Crippen LogP contribution in [0.2, 0.25) is 0 Å². The molecule has 3 aromatic carbocycles. The number of sulfonamides is 1. The Labute approximate surface area is 206 Å². The van der Waals surface area contributed by atoms with Crippen LogP contribution in [0.4, 0.5) is 11.4 Å². The molecule has 0 aliphatic carbocycles. The predicted molar refractivity (Wildman–Crippen MR) is 139 cm³/mol. The van der Waals surface area contributed by atoms with Gasteiger partial charge in [-0.05, 0) is 104 Å². The van der Waals surface area contributed by atoms with E-state index in [4.69, 9.17) is 0 Å². The minimum atomic E-state index is -3.87. The molecule has 0 unspecified atom stereocenters. The summed E-state index contributed by atoms with van der Waals surface area (Å²) in [7, 11) is -3.87. The molecule has 0 saturated heterocycles. The Morgan fingerprint density at radius 1 is 0.743 bits per heavy atom. The third-order valence-electron chi connectivity index (χ3n) is 5.87. The summed E-state index contributed by atoms with van der Waals surface area (Å²) in [4.78, 5) is 17.0. The SMILES string of the molecule is Cc1ccc(NS(=O)(=O)c2cc(C(=O)Nc3ccc(Cc4ccncc4)cc3)ccc2C)cc1C. The number of carbonyl (C=O) groups excluding carboxylic acids is 1. The van der Waals surface area contributed by atoms with Gasteiger partial charge in [0, 0.05) is 29.3 Å². The smallest absolute Gasteiger partial charge is 0.262 e. The van der Waals surface area contributed by atoms with Crippen molar-refractivity contribution in [3.63, 3.8) is 0 Å². The van der Waals surface area contributed by atoms with E-state index in [-0.39, 0.29) is 16.4 Å². The summed E-state index contributed by atoms with van der Waals surface area (Å²) in [6.07, 6.45) is 4.29. The number of nitrogens with zero attached hydrogens (tertiary/aromatic N) is 1. The average Bonchev–Trinajstić information content (AvgIpc) is 2.83. The van der Waals surface area contributed by atoms with E-state index in [1.165, 1.54) is 6.07 Å². The molecular weight excluding hydrogens is 458 g/mol. The summed E-state index contributed by atoms with van der Waals surface area (Å²) in [5.74, 6) is -0.380. The van der Waals surface area contributed by atoms with E-state index in [0.717, 1.165) is 28.7 Å². The number of hydrogen-bond acceptors (Lipinski definition) is 4. The largest absolute Gasteiger partial charge is 0.322 e. The lowest BCUT2D eigenvalue weighted by Crippen LogP contribution is -2.17. The number of anilines is 2. The predicted octanol–water partition coefficient (Wildman–Crippen LogP) is 5.65. The van der Waals surface area contributed by atoms with Crippen molar-refractivity contribution in [2.24, 2.45) is 0 Å². The molecule has 0 atom stereocenters. The van der Waals surface area contributed by atoms with Crippen LogP contribution in [0.1, 0.15) is 38.2 Å². The Bertz CT molecular complexity index is 1470. The molecule has 178 valence electrons. The Morgan fingerprint density at radius 3 is 2.06 bits per heavy atom. The molecule has 1 amide bonds. The number of nitrogens with one attached hydrogen (secondary N) is 2. The van der Waals surface area contributed by atoms with Gasteiger partial charge in [-0.2, -0.15) is 0 Å². The molecule has 0 aliphatic heterocycles. The summed E-state index contributed by atoms with van der Waals surface area (Å²) in [5, 5.41) is 2.85. The van der Waals surface area contributed by atoms with Crippen molar-refractivity contribution < 1.29 is 13.2 Å². The number of aromatic nitrogens is 1. The zero-order chi connectivity index (χ0) is 25.0. The standard InChI is InChI=1S/C28H27N3O3S/c1-19-5-9-26(16-21(19)3)31-35(33,34)27-18-24(8-4-20(27)2)28(32)30-25-10-6-22(7-11-25)17-23-12-14-29-15-13-23/h4-16,18,31H,17H2,1-3H3,(H,30,32). The van der Waals surface area contributed by atoms with Crippen molar-refractivity contribution in [2.75, 3.05) is 10.0 Å². The molecule has 35 heavy (non-hydrogen) atoms. The molecule has 1 heterocycles. The maximum absolute atomic E-state index is 13.1. The van der Waals surface area contributed by atoms with Gasteiger partial charge in [0.15, 0.2) is 0 Å². The van der Waals surface area contributed by atoms with E-state index >= 15 is 0 Å². The number of hydrogen-bond donors (Lipinski definition) is 2. The van der Waals surface area contributed by atoms with Gasteiger partial charge in [-0.3, -0.25) is 14.5 Å². The quantitative estimate of drug-likeness (QED) is 0.354. The maximum atomic E-state index is 13.1. The van der Waals surface area contributed by atoms with Crippen molar-refractivity contribution >= 4 is 27.3 Å². The van der Waals surface area contributed by atoms with Gasteiger partial charge in [0.25, 0.3) is 15.9 Å². The first kappa shape index (κ1) is 24.2. The fraction of sp³-hybridized carbons (Fsp3) is 0.143. The van der Waals surface area contributed by atoms with Gasteiger partial charge in [0.05, 0.1) is 4.90 Å². The molecule has 0 radical (unpaired) electrons. The summed E-state index contributed by atoms with van der Waals surface area (Å²) >= 11 is 0. The molecule has 0 saturated carbocycles. The van der Waals surface area contributed by atoms with Crippen LogP contribution < -0.4 is 10.0 Å². The molecule has 4 aromatic rings. The zero-order valence-electron chi connectivity index (χ0n) is 19.9. The second-order valence-corrected chi connectivity index (χ2v) is 10.2. The van der Waals surface area contributed by atoms with E-state index in [2.05, 4.69) is 15.0 Å². The molecule has 0 bridgehead atoms. The lowest BCUT2D eigenvalue weighted by Gasteiger charge is -2.13. The molecule has 7 heteroatoms. The maximum Gasteiger partial charge on any atom is 0.262 e. The monoisotopic (exact) mass is 485 g/mol. The fourth-order valence-electron chi connectivity index (χ4n) is 3.69. The molecule has 2 N–H and O–H groups in total. The fourth-order valence-corrected chi connectivity index (χ4v) is 5.01. The molecule has 0 spiro atoms. The lowest BCUT2D eigenvalue weighted by molar-refractivity contribution is 0.102. The zero-order valence-corrected chi connectivity index (χ0v) is 20.7. The summed E-state index contributed by atoms with van der Waals surface area (Å²) in [6.45, 7) is 5.60. The van der Waals surface area contributed by atoms with Crippen LogP contribution in [-0.2, 0) is 16.4 Å². The lowest BCUT2D eigenvalue weighted by atomic mass is 10.1. The van der Waals surface area contributed by atoms with Crippen LogP contribution in [0.15, 0.2) is 90.1 Å². The summed E-state index contributed by atoms with van der Waals surface area (Å²) in [6, 6.07) is 21.6. The molecule has 0 aliphatic rings. The Kier molecular flexibility index (Phi) is 6.98. The first-order chi connectivity index (χ1) is 16.7. The van der Waals surface area contributed by atoms with Crippen molar-refractivity contribution in [1.29, 1.82) is 0 Å². The number of rotatable bonds is 7. The summed E-state index contributed by atoms with van der Waals surface area (Å²) < 4.78 is 28.8. The second kappa shape index (κ2) is 10.1. The van der Waals surface area contributed by atoms with Crippen LogP contribution in [0.5, 0.6) is 0 Å². The van der Waals surface area contributed by atoms with E-state index in [9.17, 15) is 13.2 Å². The topological polar surface area (TPSA) is 88.2 Å². The van der Waals surface area contributed by atoms with E-state index < -0.39 is 10.0 Å². The average molecular weight is 486 g/mol.